The third-order valence-corrected chi connectivity index (χ3v) is 4.92. The second kappa shape index (κ2) is 9.85. The lowest BCUT2D eigenvalue weighted by atomic mass is 10.1. The number of rotatable bonds is 7. The van der Waals surface area contributed by atoms with Crippen LogP contribution in [0, 0.1) is 10.1 Å². The summed E-state index contributed by atoms with van der Waals surface area (Å²) in [7, 11) is 1.73. The van der Waals surface area contributed by atoms with Crippen LogP contribution in [0.2, 0.25) is 0 Å². The maximum absolute atomic E-state index is 10.7. The Morgan fingerprint density at radius 2 is 1.46 bits per heavy atom. The first-order valence-electron chi connectivity index (χ1n) is 9.62. The smallest absolute Gasteiger partial charge is 0.269 e. The van der Waals surface area contributed by atoms with E-state index in [-0.39, 0.29) is 5.69 Å². The summed E-state index contributed by atoms with van der Waals surface area (Å²) in [5, 5.41) is 17.2. The van der Waals surface area contributed by atoms with Crippen molar-refractivity contribution in [1.29, 1.82) is 0 Å². The van der Waals surface area contributed by atoms with E-state index in [0.717, 1.165) is 12.1 Å². The average molecular weight is 381 g/mol. The van der Waals surface area contributed by atoms with Crippen LogP contribution in [0.15, 0.2) is 53.5 Å². The van der Waals surface area contributed by atoms with Gasteiger partial charge in [0.05, 0.1) is 4.92 Å². The van der Waals surface area contributed by atoms with Crippen LogP contribution in [0.3, 0.4) is 0 Å². The molecule has 1 aliphatic heterocycles. The fourth-order valence-electron chi connectivity index (χ4n) is 3.29. The van der Waals surface area contributed by atoms with Crippen LogP contribution in [-0.2, 0) is 19.6 Å². The highest BCUT2D eigenvalue weighted by atomic mass is 16.6. The molecule has 148 valence electrons. The second-order valence-corrected chi connectivity index (χ2v) is 7.00. The van der Waals surface area contributed by atoms with Crippen molar-refractivity contribution in [3.63, 3.8) is 0 Å². The minimum atomic E-state index is -0.395. The van der Waals surface area contributed by atoms with Gasteiger partial charge in [-0.05, 0) is 42.6 Å². The fourth-order valence-corrected chi connectivity index (χ4v) is 3.29. The summed E-state index contributed by atoms with van der Waals surface area (Å²) >= 11 is 0. The molecule has 1 saturated heterocycles. The normalized spacial score (nSPS) is 14.8. The van der Waals surface area contributed by atoms with E-state index in [4.69, 9.17) is 0 Å². The predicted molar refractivity (Wildman–Crippen MR) is 111 cm³/mol. The summed E-state index contributed by atoms with van der Waals surface area (Å²) in [6.45, 7) is 4.68. The number of hydrogen-bond donors (Lipinski definition) is 2. The molecule has 0 aliphatic carbocycles. The first-order valence-corrected chi connectivity index (χ1v) is 9.62. The van der Waals surface area contributed by atoms with Gasteiger partial charge < -0.3 is 10.6 Å². The molecule has 3 rings (SSSR count). The number of non-ortho nitro benzene ring substituents is 1. The first kappa shape index (κ1) is 19.8. The van der Waals surface area contributed by atoms with Gasteiger partial charge in [0.2, 0.25) is 0 Å². The number of likely N-dealkylation sites (tertiary alicyclic amines) is 1. The molecule has 1 aliphatic rings. The van der Waals surface area contributed by atoms with Crippen LogP contribution in [0.4, 0.5) is 5.69 Å². The standard InChI is InChI=1S/C21H27N5O2/c1-22-21(24-15-18-8-10-20(11-9-18)26(27)28)23-14-17-4-6-19(7-5-17)16-25-12-2-3-13-25/h4-11H,2-3,12-16H2,1H3,(H2,22,23,24). The molecule has 7 nitrogen and oxygen atoms in total. The Labute approximate surface area is 165 Å². The molecular formula is C21H27N5O2. The van der Waals surface area contributed by atoms with E-state index in [0.29, 0.717) is 19.0 Å². The lowest BCUT2D eigenvalue weighted by Crippen LogP contribution is -2.36. The van der Waals surface area contributed by atoms with Gasteiger partial charge in [-0.2, -0.15) is 0 Å². The van der Waals surface area contributed by atoms with Crippen molar-refractivity contribution in [1.82, 2.24) is 15.5 Å². The van der Waals surface area contributed by atoms with E-state index >= 15 is 0 Å². The van der Waals surface area contributed by atoms with Crippen LogP contribution in [-0.4, -0.2) is 35.9 Å². The van der Waals surface area contributed by atoms with Crippen molar-refractivity contribution in [2.75, 3.05) is 20.1 Å². The third-order valence-electron chi connectivity index (χ3n) is 4.92. The number of nitro groups is 1. The number of aliphatic imine (C=N–C) groups is 1. The molecule has 0 amide bonds. The zero-order chi connectivity index (χ0) is 19.8. The number of nitrogens with one attached hydrogen (secondary N) is 2. The molecule has 0 spiro atoms. The second-order valence-electron chi connectivity index (χ2n) is 7.00. The lowest BCUT2D eigenvalue weighted by molar-refractivity contribution is -0.384. The molecule has 0 saturated carbocycles. The maximum Gasteiger partial charge on any atom is 0.269 e. The van der Waals surface area contributed by atoms with Crippen LogP contribution < -0.4 is 10.6 Å². The van der Waals surface area contributed by atoms with Crippen molar-refractivity contribution in [3.05, 3.63) is 75.3 Å². The molecule has 7 heteroatoms. The Hall–Kier alpha value is -2.93. The summed E-state index contributed by atoms with van der Waals surface area (Å²) in [6, 6.07) is 15.2. The topological polar surface area (TPSA) is 82.8 Å². The fraction of sp³-hybridized carbons (Fsp3) is 0.381. The van der Waals surface area contributed by atoms with Gasteiger partial charge in [-0.3, -0.25) is 20.0 Å². The molecule has 0 unspecified atom stereocenters. The molecule has 1 heterocycles. The minimum absolute atomic E-state index is 0.0967. The van der Waals surface area contributed by atoms with Gasteiger partial charge in [0, 0.05) is 38.8 Å². The Kier molecular flexibility index (Phi) is 6.97. The average Bonchev–Trinajstić information content (AvgIpc) is 3.22. The van der Waals surface area contributed by atoms with Crippen LogP contribution in [0.5, 0.6) is 0 Å². The molecule has 1 fully saturated rings. The largest absolute Gasteiger partial charge is 0.352 e. The van der Waals surface area contributed by atoms with Gasteiger partial charge in [0.1, 0.15) is 0 Å². The minimum Gasteiger partial charge on any atom is -0.352 e. The molecule has 2 aromatic carbocycles. The quantitative estimate of drug-likeness (QED) is 0.333. The highest BCUT2D eigenvalue weighted by Crippen LogP contribution is 2.13. The zero-order valence-corrected chi connectivity index (χ0v) is 16.2. The summed E-state index contributed by atoms with van der Waals surface area (Å²) in [5.41, 5.74) is 3.61. The third kappa shape index (κ3) is 5.79. The number of hydrogen-bond acceptors (Lipinski definition) is 4. The van der Waals surface area contributed by atoms with E-state index in [1.807, 2.05) is 0 Å². The van der Waals surface area contributed by atoms with E-state index in [9.17, 15) is 10.1 Å². The van der Waals surface area contributed by atoms with Crippen molar-refractivity contribution in [3.8, 4) is 0 Å². The number of nitrogens with zero attached hydrogens (tertiary/aromatic N) is 3. The molecule has 0 atom stereocenters. The first-order chi connectivity index (χ1) is 13.6. The predicted octanol–water partition coefficient (Wildman–Crippen LogP) is 3.06. The highest BCUT2D eigenvalue weighted by molar-refractivity contribution is 5.79. The van der Waals surface area contributed by atoms with Crippen LogP contribution in [0.25, 0.3) is 0 Å². The molecule has 0 aromatic heterocycles. The zero-order valence-electron chi connectivity index (χ0n) is 16.2. The highest BCUT2D eigenvalue weighted by Gasteiger charge is 2.11. The molecule has 0 radical (unpaired) electrons. The van der Waals surface area contributed by atoms with Gasteiger partial charge in [-0.15, -0.1) is 0 Å². The van der Waals surface area contributed by atoms with Crippen LogP contribution in [0.1, 0.15) is 29.5 Å². The number of guanidine groups is 1. The Morgan fingerprint density at radius 1 is 0.964 bits per heavy atom. The Balaban J connectivity index is 1.45. The van der Waals surface area contributed by atoms with Crippen molar-refractivity contribution < 1.29 is 4.92 Å². The van der Waals surface area contributed by atoms with Crippen molar-refractivity contribution in [2.24, 2.45) is 4.99 Å². The summed E-state index contributed by atoms with van der Waals surface area (Å²) in [5.74, 6) is 0.694. The monoisotopic (exact) mass is 381 g/mol. The Bertz CT molecular complexity index is 797. The summed E-state index contributed by atoms with van der Waals surface area (Å²) in [4.78, 5) is 17.0. The van der Waals surface area contributed by atoms with E-state index in [1.165, 1.54) is 49.2 Å². The van der Waals surface area contributed by atoms with Crippen molar-refractivity contribution in [2.45, 2.75) is 32.5 Å². The molecule has 0 bridgehead atoms. The molecule has 2 N–H and O–H groups in total. The van der Waals surface area contributed by atoms with E-state index in [2.05, 4.69) is 44.8 Å². The lowest BCUT2D eigenvalue weighted by Gasteiger charge is -2.15. The number of nitro benzene ring substituents is 1. The van der Waals surface area contributed by atoms with E-state index < -0.39 is 4.92 Å². The van der Waals surface area contributed by atoms with Gasteiger partial charge in [0.25, 0.3) is 5.69 Å². The van der Waals surface area contributed by atoms with Crippen LogP contribution >= 0.6 is 0 Å². The van der Waals surface area contributed by atoms with Gasteiger partial charge in [-0.25, -0.2) is 0 Å². The van der Waals surface area contributed by atoms with E-state index in [1.54, 1.807) is 19.2 Å². The Morgan fingerprint density at radius 3 is 1.96 bits per heavy atom. The number of benzene rings is 2. The summed E-state index contributed by atoms with van der Waals surface area (Å²) < 4.78 is 0. The molecular weight excluding hydrogens is 354 g/mol. The maximum atomic E-state index is 10.7. The SMILES string of the molecule is CN=C(NCc1ccc(CN2CCCC2)cc1)NCc1ccc([N+](=O)[O-])cc1. The van der Waals surface area contributed by atoms with Gasteiger partial charge >= 0.3 is 0 Å². The summed E-state index contributed by atoms with van der Waals surface area (Å²) in [6.07, 6.45) is 2.63. The molecule has 2 aromatic rings. The van der Waals surface area contributed by atoms with Gasteiger partial charge in [0.15, 0.2) is 5.96 Å². The van der Waals surface area contributed by atoms with Crippen molar-refractivity contribution >= 4 is 11.6 Å². The van der Waals surface area contributed by atoms with Gasteiger partial charge in [-0.1, -0.05) is 36.4 Å². The molecule has 28 heavy (non-hydrogen) atoms.